The molecule has 1 amide bonds. The lowest BCUT2D eigenvalue weighted by Gasteiger charge is -2.28. The van der Waals surface area contributed by atoms with Crippen molar-refractivity contribution >= 4 is 5.91 Å². The van der Waals surface area contributed by atoms with Gasteiger partial charge >= 0.3 is 0 Å². The van der Waals surface area contributed by atoms with Crippen LogP contribution in [0.25, 0.3) is 0 Å². The number of carbonyl (C=O) groups is 1. The summed E-state index contributed by atoms with van der Waals surface area (Å²) in [7, 11) is 0. The average Bonchev–Trinajstić information content (AvgIpc) is 2.32. The van der Waals surface area contributed by atoms with Crippen LogP contribution in [0.5, 0.6) is 0 Å². The van der Waals surface area contributed by atoms with Crippen LogP contribution in [-0.4, -0.2) is 23.7 Å². The maximum atomic E-state index is 11.5. The van der Waals surface area contributed by atoms with E-state index in [1.165, 1.54) is 12.8 Å². The Balaban J connectivity index is 4.18. The van der Waals surface area contributed by atoms with Gasteiger partial charge in [0.15, 0.2) is 0 Å². The van der Waals surface area contributed by atoms with Gasteiger partial charge in [0.2, 0.25) is 5.91 Å². The summed E-state index contributed by atoms with van der Waals surface area (Å²) in [5, 5.41) is 12.3. The first kappa shape index (κ1) is 16.4. The van der Waals surface area contributed by atoms with Crippen LogP contribution in [-0.2, 0) is 4.79 Å². The average molecular weight is 243 g/mol. The molecule has 102 valence electrons. The summed E-state index contributed by atoms with van der Waals surface area (Å²) in [4.78, 5) is 11.5. The van der Waals surface area contributed by atoms with Crippen LogP contribution < -0.4 is 5.32 Å². The van der Waals surface area contributed by atoms with Gasteiger partial charge in [0, 0.05) is 6.42 Å². The summed E-state index contributed by atoms with van der Waals surface area (Å²) >= 11 is 0. The Morgan fingerprint density at radius 2 is 1.88 bits per heavy atom. The third-order valence-corrected chi connectivity index (χ3v) is 3.57. The normalized spacial score (nSPS) is 16.3. The molecule has 3 heteroatoms. The Kier molecular flexibility index (Phi) is 9.14. The highest BCUT2D eigenvalue weighted by Crippen LogP contribution is 2.21. The predicted molar refractivity (Wildman–Crippen MR) is 71.8 cm³/mol. The number of amides is 1. The maximum Gasteiger partial charge on any atom is 0.220 e. The largest absolute Gasteiger partial charge is 0.394 e. The zero-order valence-corrected chi connectivity index (χ0v) is 11.8. The third-order valence-electron chi connectivity index (χ3n) is 3.57. The number of nitrogens with one attached hydrogen (secondary N) is 1. The van der Waals surface area contributed by atoms with Crippen molar-refractivity contribution in [1.82, 2.24) is 5.32 Å². The highest BCUT2D eigenvalue weighted by atomic mass is 16.3. The molecule has 0 aromatic carbocycles. The van der Waals surface area contributed by atoms with Crippen molar-refractivity contribution in [2.45, 2.75) is 65.8 Å². The van der Waals surface area contributed by atoms with Gasteiger partial charge in [-0.25, -0.2) is 0 Å². The van der Waals surface area contributed by atoms with Crippen molar-refractivity contribution in [2.24, 2.45) is 11.8 Å². The van der Waals surface area contributed by atoms with Crippen LogP contribution in [0.4, 0.5) is 0 Å². The molecule has 3 unspecified atom stereocenters. The molecule has 2 N–H and O–H groups in total. The molecule has 0 heterocycles. The minimum absolute atomic E-state index is 0.0348. The molecule has 0 bridgehead atoms. The van der Waals surface area contributed by atoms with E-state index < -0.39 is 0 Å². The van der Waals surface area contributed by atoms with Crippen molar-refractivity contribution in [2.75, 3.05) is 6.61 Å². The number of hydrogen-bond acceptors (Lipinski definition) is 2. The molecule has 0 aliphatic rings. The van der Waals surface area contributed by atoms with E-state index in [0.717, 1.165) is 12.8 Å². The van der Waals surface area contributed by atoms with Gasteiger partial charge in [-0.05, 0) is 18.3 Å². The van der Waals surface area contributed by atoms with Gasteiger partial charge in [-0.2, -0.15) is 0 Å². The second kappa shape index (κ2) is 9.46. The number of carbonyl (C=O) groups excluding carboxylic acids is 1. The van der Waals surface area contributed by atoms with Gasteiger partial charge < -0.3 is 10.4 Å². The van der Waals surface area contributed by atoms with E-state index in [2.05, 4.69) is 26.1 Å². The standard InChI is InChI=1S/C14H29NO2/c1-5-7-9-11(3)12(4)13(10-16)15-14(17)8-6-2/h11-13,16H,5-10H2,1-4H3,(H,15,17). The van der Waals surface area contributed by atoms with Gasteiger partial charge in [0.05, 0.1) is 12.6 Å². The predicted octanol–water partition coefficient (Wildman–Crippen LogP) is 2.73. The second-order valence-corrected chi connectivity index (χ2v) is 5.09. The fourth-order valence-corrected chi connectivity index (χ4v) is 2.03. The molecule has 0 aromatic heterocycles. The molecule has 0 aromatic rings. The quantitative estimate of drug-likeness (QED) is 0.654. The molecule has 3 atom stereocenters. The lowest BCUT2D eigenvalue weighted by molar-refractivity contribution is -0.122. The van der Waals surface area contributed by atoms with Crippen LogP contribution in [0.1, 0.15) is 59.8 Å². The van der Waals surface area contributed by atoms with Gasteiger partial charge in [-0.3, -0.25) is 4.79 Å². The molecule has 0 aliphatic carbocycles. The van der Waals surface area contributed by atoms with E-state index in [-0.39, 0.29) is 18.6 Å². The lowest BCUT2D eigenvalue weighted by atomic mass is 9.85. The fraction of sp³-hybridized carbons (Fsp3) is 0.929. The van der Waals surface area contributed by atoms with Crippen molar-refractivity contribution in [3.8, 4) is 0 Å². The maximum absolute atomic E-state index is 11.5. The smallest absolute Gasteiger partial charge is 0.220 e. The first-order valence-corrected chi connectivity index (χ1v) is 6.96. The van der Waals surface area contributed by atoms with Gasteiger partial charge in [-0.1, -0.05) is 47.0 Å². The van der Waals surface area contributed by atoms with Crippen molar-refractivity contribution in [1.29, 1.82) is 0 Å². The minimum atomic E-state index is -0.0964. The van der Waals surface area contributed by atoms with E-state index in [1.807, 2.05) is 6.92 Å². The van der Waals surface area contributed by atoms with E-state index in [9.17, 15) is 9.90 Å². The van der Waals surface area contributed by atoms with Crippen LogP contribution in [0.2, 0.25) is 0 Å². The zero-order valence-electron chi connectivity index (χ0n) is 11.8. The van der Waals surface area contributed by atoms with Gasteiger partial charge in [-0.15, -0.1) is 0 Å². The number of rotatable bonds is 9. The van der Waals surface area contributed by atoms with Crippen molar-refractivity contribution < 1.29 is 9.90 Å². The number of hydrogen-bond donors (Lipinski definition) is 2. The molecule has 0 saturated heterocycles. The topological polar surface area (TPSA) is 49.3 Å². The van der Waals surface area contributed by atoms with E-state index in [1.54, 1.807) is 0 Å². The molecule has 0 aliphatic heterocycles. The molecule has 0 spiro atoms. The molecule has 0 radical (unpaired) electrons. The molecular formula is C14H29NO2. The zero-order chi connectivity index (χ0) is 13.3. The Bertz CT molecular complexity index is 206. The molecule has 17 heavy (non-hydrogen) atoms. The third kappa shape index (κ3) is 6.67. The molecule has 0 saturated carbocycles. The highest BCUT2D eigenvalue weighted by Gasteiger charge is 2.23. The number of aliphatic hydroxyl groups is 1. The van der Waals surface area contributed by atoms with E-state index in [0.29, 0.717) is 18.3 Å². The Morgan fingerprint density at radius 3 is 2.35 bits per heavy atom. The SMILES string of the molecule is CCCCC(C)C(C)C(CO)NC(=O)CCC. The molecular weight excluding hydrogens is 214 g/mol. The van der Waals surface area contributed by atoms with E-state index in [4.69, 9.17) is 0 Å². The Labute approximate surface area is 106 Å². The fourth-order valence-electron chi connectivity index (χ4n) is 2.03. The number of unbranched alkanes of at least 4 members (excludes halogenated alkanes) is 1. The highest BCUT2D eigenvalue weighted by molar-refractivity contribution is 5.76. The summed E-state index contributed by atoms with van der Waals surface area (Å²) in [5.74, 6) is 0.919. The molecule has 0 fully saturated rings. The first-order chi connectivity index (χ1) is 8.06. The lowest BCUT2D eigenvalue weighted by Crippen LogP contribution is -2.43. The monoisotopic (exact) mass is 243 g/mol. The summed E-state index contributed by atoms with van der Waals surface area (Å²) in [6.45, 7) is 8.53. The van der Waals surface area contributed by atoms with Crippen molar-refractivity contribution in [3.05, 3.63) is 0 Å². The van der Waals surface area contributed by atoms with Crippen LogP contribution in [0, 0.1) is 11.8 Å². The minimum Gasteiger partial charge on any atom is -0.394 e. The van der Waals surface area contributed by atoms with Crippen LogP contribution in [0.15, 0.2) is 0 Å². The summed E-state index contributed by atoms with van der Waals surface area (Å²) in [6, 6.07) is -0.0964. The summed E-state index contributed by atoms with van der Waals surface area (Å²) < 4.78 is 0. The Morgan fingerprint density at radius 1 is 1.24 bits per heavy atom. The summed E-state index contributed by atoms with van der Waals surface area (Å²) in [5.41, 5.74) is 0. The first-order valence-electron chi connectivity index (χ1n) is 6.96. The van der Waals surface area contributed by atoms with Gasteiger partial charge in [0.25, 0.3) is 0 Å². The summed E-state index contributed by atoms with van der Waals surface area (Å²) in [6.07, 6.45) is 4.98. The van der Waals surface area contributed by atoms with Gasteiger partial charge in [0.1, 0.15) is 0 Å². The molecule has 0 rings (SSSR count). The Hall–Kier alpha value is -0.570. The van der Waals surface area contributed by atoms with Crippen LogP contribution in [0.3, 0.4) is 0 Å². The van der Waals surface area contributed by atoms with E-state index >= 15 is 0 Å². The van der Waals surface area contributed by atoms with Crippen LogP contribution >= 0.6 is 0 Å². The molecule has 3 nitrogen and oxygen atoms in total. The number of aliphatic hydroxyl groups excluding tert-OH is 1. The van der Waals surface area contributed by atoms with Crippen molar-refractivity contribution in [3.63, 3.8) is 0 Å². The second-order valence-electron chi connectivity index (χ2n) is 5.09.